The van der Waals surface area contributed by atoms with E-state index in [2.05, 4.69) is 37.6 Å². The minimum Gasteiger partial charge on any atom is -0.311 e. The minimum absolute atomic E-state index is 0.223. The first-order chi connectivity index (χ1) is 6.59. The van der Waals surface area contributed by atoms with Crippen LogP contribution < -0.4 is 5.32 Å². The zero-order valence-electron chi connectivity index (χ0n) is 9.84. The van der Waals surface area contributed by atoms with Gasteiger partial charge in [-0.3, -0.25) is 4.90 Å². The molecule has 0 saturated heterocycles. The third-order valence-corrected chi connectivity index (χ3v) is 2.68. The minimum atomic E-state index is 0.223. The van der Waals surface area contributed by atoms with Crippen molar-refractivity contribution in [3.8, 4) is 0 Å². The monoisotopic (exact) mass is 196 g/mol. The summed E-state index contributed by atoms with van der Waals surface area (Å²) < 4.78 is 0. The topological polar surface area (TPSA) is 15.3 Å². The molecule has 1 saturated carbocycles. The summed E-state index contributed by atoms with van der Waals surface area (Å²) in [5.74, 6) is 0. The third kappa shape index (κ3) is 3.81. The molecule has 0 unspecified atom stereocenters. The molecule has 2 nitrogen and oxygen atoms in total. The molecule has 1 fully saturated rings. The number of nitrogens with zero attached hydrogens (tertiary/aromatic N) is 1. The molecule has 0 bridgehead atoms. The molecule has 1 N–H and O–H groups in total. The first kappa shape index (κ1) is 11.7. The molecule has 1 aliphatic rings. The standard InChI is InChI=1S/C12H24N2/c1-5-9-14(11-7-8-11)10-12(3,4)13-6-2/h5,11,13H,1,6-10H2,2-4H3. The number of nitrogens with one attached hydrogen (secondary N) is 1. The highest BCUT2D eigenvalue weighted by molar-refractivity contribution is 4.92. The van der Waals surface area contributed by atoms with Gasteiger partial charge in [0.25, 0.3) is 0 Å². The van der Waals surface area contributed by atoms with Crippen molar-refractivity contribution in [2.24, 2.45) is 0 Å². The number of hydrogen-bond donors (Lipinski definition) is 1. The van der Waals surface area contributed by atoms with Crippen LogP contribution in [0.15, 0.2) is 12.7 Å². The van der Waals surface area contributed by atoms with Gasteiger partial charge < -0.3 is 5.32 Å². The average molecular weight is 196 g/mol. The number of hydrogen-bond acceptors (Lipinski definition) is 2. The zero-order valence-corrected chi connectivity index (χ0v) is 9.84. The Balaban J connectivity index is 2.40. The first-order valence-corrected chi connectivity index (χ1v) is 5.69. The molecule has 0 amide bonds. The second-order valence-electron chi connectivity index (χ2n) is 4.86. The Bertz CT molecular complexity index is 183. The molecule has 0 spiro atoms. The second-order valence-corrected chi connectivity index (χ2v) is 4.86. The molecule has 1 rings (SSSR count). The molecule has 0 heterocycles. The van der Waals surface area contributed by atoms with Crippen molar-refractivity contribution in [1.82, 2.24) is 10.2 Å². The van der Waals surface area contributed by atoms with Crippen LogP contribution in [-0.2, 0) is 0 Å². The van der Waals surface area contributed by atoms with Gasteiger partial charge in [-0.25, -0.2) is 0 Å². The van der Waals surface area contributed by atoms with Gasteiger partial charge in [0.1, 0.15) is 0 Å². The van der Waals surface area contributed by atoms with Crippen molar-refractivity contribution in [3.05, 3.63) is 12.7 Å². The number of rotatable bonds is 7. The van der Waals surface area contributed by atoms with Gasteiger partial charge in [0.2, 0.25) is 0 Å². The molecule has 14 heavy (non-hydrogen) atoms. The SMILES string of the molecule is C=CCN(CC(C)(C)NCC)C1CC1. The van der Waals surface area contributed by atoms with Crippen LogP contribution in [0.25, 0.3) is 0 Å². The Labute approximate surface area is 88.4 Å². The number of likely N-dealkylation sites (N-methyl/N-ethyl adjacent to an activating group) is 1. The summed E-state index contributed by atoms with van der Waals surface area (Å²) in [6, 6.07) is 0.825. The van der Waals surface area contributed by atoms with Crippen LogP contribution in [0.5, 0.6) is 0 Å². The van der Waals surface area contributed by atoms with Crippen LogP contribution in [0.2, 0.25) is 0 Å². The third-order valence-electron chi connectivity index (χ3n) is 2.68. The summed E-state index contributed by atoms with van der Waals surface area (Å²) in [6.07, 6.45) is 4.76. The van der Waals surface area contributed by atoms with Gasteiger partial charge in [0, 0.05) is 24.7 Å². The Kier molecular flexibility index (Phi) is 4.14. The maximum absolute atomic E-state index is 3.82. The van der Waals surface area contributed by atoms with Crippen molar-refractivity contribution in [2.45, 2.75) is 45.2 Å². The quantitative estimate of drug-likeness (QED) is 0.627. The van der Waals surface area contributed by atoms with E-state index in [1.165, 1.54) is 12.8 Å². The van der Waals surface area contributed by atoms with Crippen molar-refractivity contribution >= 4 is 0 Å². The fourth-order valence-electron chi connectivity index (χ4n) is 1.99. The normalized spacial score (nSPS) is 17.4. The predicted octanol–water partition coefficient (Wildman–Crippen LogP) is 2.02. The summed E-state index contributed by atoms with van der Waals surface area (Å²) >= 11 is 0. The van der Waals surface area contributed by atoms with E-state index in [9.17, 15) is 0 Å². The lowest BCUT2D eigenvalue weighted by atomic mass is 10.0. The molecule has 0 aliphatic heterocycles. The lowest BCUT2D eigenvalue weighted by molar-refractivity contribution is 0.211. The van der Waals surface area contributed by atoms with E-state index in [0.29, 0.717) is 0 Å². The molecule has 0 radical (unpaired) electrons. The summed E-state index contributed by atoms with van der Waals surface area (Å²) in [4.78, 5) is 2.54. The average Bonchev–Trinajstić information content (AvgIpc) is 2.84. The molecule has 2 heteroatoms. The molecular weight excluding hydrogens is 172 g/mol. The van der Waals surface area contributed by atoms with E-state index in [4.69, 9.17) is 0 Å². The fraction of sp³-hybridized carbons (Fsp3) is 0.833. The molecule has 82 valence electrons. The van der Waals surface area contributed by atoms with E-state index >= 15 is 0 Å². The van der Waals surface area contributed by atoms with E-state index in [0.717, 1.165) is 25.7 Å². The van der Waals surface area contributed by atoms with Gasteiger partial charge >= 0.3 is 0 Å². The molecular formula is C12H24N2. The Hall–Kier alpha value is -0.340. The van der Waals surface area contributed by atoms with Gasteiger partial charge in [-0.2, -0.15) is 0 Å². The van der Waals surface area contributed by atoms with Crippen molar-refractivity contribution in [3.63, 3.8) is 0 Å². The zero-order chi connectivity index (χ0) is 10.6. The lowest BCUT2D eigenvalue weighted by Gasteiger charge is -2.33. The Morgan fingerprint density at radius 2 is 2.14 bits per heavy atom. The van der Waals surface area contributed by atoms with Crippen molar-refractivity contribution in [1.29, 1.82) is 0 Å². The predicted molar refractivity (Wildman–Crippen MR) is 62.5 cm³/mol. The maximum atomic E-state index is 3.82. The van der Waals surface area contributed by atoms with Gasteiger partial charge in [0.15, 0.2) is 0 Å². The fourth-order valence-corrected chi connectivity index (χ4v) is 1.99. The Morgan fingerprint density at radius 3 is 2.57 bits per heavy atom. The summed E-state index contributed by atoms with van der Waals surface area (Å²) in [6.45, 7) is 13.7. The van der Waals surface area contributed by atoms with E-state index in [1.54, 1.807) is 0 Å². The summed E-state index contributed by atoms with van der Waals surface area (Å²) in [7, 11) is 0. The van der Waals surface area contributed by atoms with Crippen LogP contribution in [0, 0.1) is 0 Å². The summed E-state index contributed by atoms with van der Waals surface area (Å²) in [5.41, 5.74) is 0.223. The van der Waals surface area contributed by atoms with Crippen molar-refractivity contribution in [2.75, 3.05) is 19.6 Å². The van der Waals surface area contributed by atoms with Crippen LogP contribution in [0.1, 0.15) is 33.6 Å². The van der Waals surface area contributed by atoms with Gasteiger partial charge in [0.05, 0.1) is 0 Å². The van der Waals surface area contributed by atoms with E-state index in [1.807, 2.05) is 6.08 Å². The van der Waals surface area contributed by atoms with Gasteiger partial charge in [-0.05, 0) is 33.2 Å². The van der Waals surface area contributed by atoms with Crippen molar-refractivity contribution < 1.29 is 0 Å². The molecule has 0 aromatic heterocycles. The Morgan fingerprint density at radius 1 is 1.50 bits per heavy atom. The van der Waals surface area contributed by atoms with E-state index < -0.39 is 0 Å². The summed E-state index contributed by atoms with van der Waals surface area (Å²) in [5, 5.41) is 3.52. The lowest BCUT2D eigenvalue weighted by Crippen LogP contribution is -2.49. The van der Waals surface area contributed by atoms with E-state index in [-0.39, 0.29) is 5.54 Å². The molecule has 0 atom stereocenters. The molecule has 1 aliphatic carbocycles. The second kappa shape index (κ2) is 4.94. The van der Waals surface area contributed by atoms with Gasteiger partial charge in [-0.15, -0.1) is 6.58 Å². The maximum Gasteiger partial charge on any atom is 0.0252 e. The van der Waals surface area contributed by atoms with Crippen LogP contribution in [0.4, 0.5) is 0 Å². The van der Waals surface area contributed by atoms with Gasteiger partial charge in [-0.1, -0.05) is 13.0 Å². The first-order valence-electron chi connectivity index (χ1n) is 5.69. The smallest absolute Gasteiger partial charge is 0.0252 e. The highest BCUT2D eigenvalue weighted by Crippen LogP contribution is 2.27. The van der Waals surface area contributed by atoms with Crippen LogP contribution >= 0.6 is 0 Å². The molecule has 0 aromatic carbocycles. The molecule has 0 aromatic rings. The highest BCUT2D eigenvalue weighted by atomic mass is 15.2. The largest absolute Gasteiger partial charge is 0.311 e. The van der Waals surface area contributed by atoms with Crippen LogP contribution in [0.3, 0.4) is 0 Å². The highest BCUT2D eigenvalue weighted by Gasteiger charge is 2.31. The van der Waals surface area contributed by atoms with Crippen LogP contribution in [-0.4, -0.2) is 36.1 Å².